The molecular weight excluding hydrogens is 192 g/mol. The molecule has 15 heavy (non-hydrogen) atoms. The summed E-state index contributed by atoms with van der Waals surface area (Å²) in [6.45, 7) is 7.88. The predicted molar refractivity (Wildman–Crippen MR) is 61.5 cm³/mol. The van der Waals surface area contributed by atoms with Crippen LogP contribution in [0.25, 0.3) is 0 Å². The molecule has 0 bridgehead atoms. The van der Waals surface area contributed by atoms with Crippen LogP contribution in [-0.2, 0) is 4.74 Å². The molecule has 1 aliphatic rings. The quantitative estimate of drug-likeness (QED) is 0.757. The highest BCUT2D eigenvalue weighted by atomic mass is 16.5. The summed E-state index contributed by atoms with van der Waals surface area (Å²) in [5, 5.41) is 18.9. The fourth-order valence-electron chi connectivity index (χ4n) is 1.52. The lowest BCUT2D eigenvalue weighted by Crippen LogP contribution is -2.30. The van der Waals surface area contributed by atoms with Crippen molar-refractivity contribution in [3.05, 3.63) is 11.8 Å². The normalized spacial score (nSPS) is 20.1. The standard InChI is InChI=1S/C10H18O3.C2H6/c1-3-10(12,4-2)9-6-5-8(7-11)13-9;1-2/h6,8,11-12H,3-5,7H2,1-2H3;1-2H3. The number of aliphatic hydroxyl groups excluding tert-OH is 1. The van der Waals surface area contributed by atoms with Crippen molar-refractivity contribution < 1.29 is 14.9 Å². The summed E-state index contributed by atoms with van der Waals surface area (Å²) in [7, 11) is 0. The second-order valence-corrected chi connectivity index (χ2v) is 3.47. The Kier molecular flexibility index (Phi) is 6.61. The van der Waals surface area contributed by atoms with Crippen molar-refractivity contribution >= 4 is 0 Å². The first-order chi connectivity index (χ1) is 7.16. The van der Waals surface area contributed by atoms with Gasteiger partial charge in [-0.05, 0) is 18.9 Å². The molecule has 0 aromatic heterocycles. The largest absolute Gasteiger partial charge is 0.489 e. The Balaban J connectivity index is 0.000000921. The third kappa shape index (κ3) is 3.50. The van der Waals surface area contributed by atoms with Crippen molar-refractivity contribution in [3.63, 3.8) is 0 Å². The van der Waals surface area contributed by atoms with Gasteiger partial charge in [0, 0.05) is 6.42 Å². The van der Waals surface area contributed by atoms with E-state index in [0.717, 1.165) is 0 Å². The van der Waals surface area contributed by atoms with Crippen LogP contribution in [0.1, 0.15) is 47.0 Å². The van der Waals surface area contributed by atoms with Gasteiger partial charge in [-0.2, -0.15) is 0 Å². The molecule has 3 nitrogen and oxygen atoms in total. The zero-order chi connectivity index (χ0) is 11.9. The van der Waals surface area contributed by atoms with E-state index in [2.05, 4.69) is 0 Å². The smallest absolute Gasteiger partial charge is 0.125 e. The molecule has 0 aromatic rings. The summed E-state index contributed by atoms with van der Waals surface area (Å²) in [5.74, 6) is 0.636. The molecule has 0 saturated carbocycles. The lowest BCUT2D eigenvalue weighted by molar-refractivity contribution is -0.0187. The number of hydrogen-bond acceptors (Lipinski definition) is 3. The molecular formula is C12H24O3. The van der Waals surface area contributed by atoms with E-state index in [1.165, 1.54) is 0 Å². The number of ether oxygens (including phenoxy) is 1. The zero-order valence-electron chi connectivity index (χ0n) is 10.3. The van der Waals surface area contributed by atoms with Crippen LogP contribution in [-0.4, -0.2) is 28.5 Å². The van der Waals surface area contributed by atoms with Crippen LogP contribution in [0.15, 0.2) is 11.8 Å². The summed E-state index contributed by atoms with van der Waals surface area (Å²) in [6, 6.07) is 0. The fraction of sp³-hybridized carbons (Fsp3) is 0.833. The minimum Gasteiger partial charge on any atom is -0.489 e. The third-order valence-electron chi connectivity index (χ3n) is 2.69. The first kappa shape index (κ1) is 14.5. The molecule has 0 aromatic carbocycles. The SMILES string of the molecule is CC.CCC(O)(CC)C1=CCC(CO)O1. The summed E-state index contributed by atoms with van der Waals surface area (Å²) in [6.07, 6.45) is 3.72. The molecule has 0 radical (unpaired) electrons. The van der Waals surface area contributed by atoms with Crippen LogP contribution in [0.5, 0.6) is 0 Å². The van der Waals surface area contributed by atoms with E-state index >= 15 is 0 Å². The van der Waals surface area contributed by atoms with E-state index in [0.29, 0.717) is 25.0 Å². The Morgan fingerprint density at radius 3 is 2.27 bits per heavy atom. The van der Waals surface area contributed by atoms with Crippen molar-refractivity contribution in [3.8, 4) is 0 Å². The summed E-state index contributed by atoms with van der Waals surface area (Å²) >= 11 is 0. The van der Waals surface area contributed by atoms with Gasteiger partial charge in [0.15, 0.2) is 0 Å². The molecule has 1 atom stereocenters. The highest BCUT2D eigenvalue weighted by Crippen LogP contribution is 2.31. The van der Waals surface area contributed by atoms with Crippen LogP contribution >= 0.6 is 0 Å². The summed E-state index contributed by atoms with van der Waals surface area (Å²) in [5.41, 5.74) is -0.829. The van der Waals surface area contributed by atoms with Crippen molar-refractivity contribution in [2.45, 2.75) is 58.7 Å². The van der Waals surface area contributed by atoms with Gasteiger partial charge in [-0.3, -0.25) is 0 Å². The molecule has 2 N–H and O–H groups in total. The van der Waals surface area contributed by atoms with Crippen LogP contribution in [0.2, 0.25) is 0 Å². The van der Waals surface area contributed by atoms with E-state index in [4.69, 9.17) is 9.84 Å². The monoisotopic (exact) mass is 216 g/mol. The van der Waals surface area contributed by atoms with Crippen molar-refractivity contribution in [2.24, 2.45) is 0 Å². The lowest BCUT2D eigenvalue weighted by Gasteiger charge is -2.27. The lowest BCUT2D eigenvalue weighted by atomic mass is 9.95. The molecule has 1 heterocycles. The molecule has 0 amide bonds. The minimum atomic E-state index is -0.829. The Bertz CT molecular complexity index is 195. The number of hydrogen-bond donors (Lipinski definition) is 2. The Hall–Kier alpha value is -0.540. The van der Waals surface area contributed by atoms with Crippen molar-refractivity contribution in [1.82, 2.24) is 0 Å². The topological polar surface area (TPSA) is 49.7 Å². The molecule has 0 saturated heterocycles. The van der Waals surface area contributed by atoms with Gasteiger partial charge >= 0.3 is 0 Å². The second-order valence-electron chi connectivity index (χ2n) is 3.47. The average Bonchev–Trinajstić information content (AvgIpc) is 2.79. The van der Waals surface area contributed by atoms with Gasteiger partial charge in [-0.25, -0.2) is 0 Å². The maximum absolute atomic E-state index is 10.1. The zero-order valence-corrected chi connectivity index (χ0v) is 10.3. The van der Waals surface area contributed by atoms with Crippen molar-refractivity contribution in [1.29, 1.82) is 0 Å². The van der Waals surface area contributed by atoms with Gasteiger partial charge in [-0.15, -0.1) is 0 Å². The van der Waals surface area contributed by atoms with Gasteiger partial charge < -0.3 is 14.9 Å². The average molecular weight is 216 g/mol. The first-order valence-electron chi connectivity index (χ1n) is 5.86. The molecule has 90 valence electrons. The fourth-order valence-corrected chi connectivity index (χ4v) is 1.52. The Morgan fingerprint density at radius 1 is 1.40 bits per heavy atom. The summed E-state index contributed by atoms with van der Waals surface area (Å²) < 4.78 is 5.42. The van der Waals surface area contributed by atoms with E-state index in [1.807, 2.05) is 33.8 Å². The van der Waals surface area contributed by atoms with Gasteiger partial charge in [0.1, 0.15) is 17.5 Å². The van der Waals surface area contributed by atoms with E-state index in [9.17, 15) is 5.11 Å². The second kappa shape index (κ2) is 6.85. The van der Waals surface area contributed by atoms with Crippen molar-refractivity contribution in [2.75, 3.05) is 6.61 Å². The summed E-state index contributed by atoms with van der Waals surface area (Å²) in [4.78, 5) is 0. The molecule has 1 unspecified atom stereocenters. The number of aliphatic hydroxyl groups is 2. The van der Waals surface area contributed by atoms with Crippen LogP contribution in [0.4, 0.5) is 0 Å². The van der Waals surface area contributed by atoms with Gasteiger partial charge in [0.2, 0.25) is 0 Å². The van der Waals surface area contributed by atoms with Crippen LogP contribution in [0.3, 0.4) is 0 Å². The van der Waals surface area contributed by atoms with Gasteiger partial charge in [-0.1, -0.05) is 27.7 Å². The van der Waals surface area contributed by atoms with Gasteiger partial charge in [0.25, 0.3) is 0 Å². The molecule has 0 aliphatic carbocycles. The molecule has 0 spiro atoms. The molecule has 0 fully saturated rings. The minimum absolute atomic E-state index is 0.0174. The highest BCUT2D eigenvalue weighted by Gasteiger charge is 2.33. The number of rotatable bonds is 4. The molecule has 3 heteroatoms. The predicted octanol–water partition coefficient (Wildman–Crippen LogP) is 2.23. The Morgan fingerprint density at radius 2 is 1.93 bits per heavy atom. The van der Waals surface area contributed by atoms with Crippen LogP contribution in [0, 0.1) is 0 Å². The highest BCUT2D eigenvalue weighted by molar-refractivity contribution is 5.14. The maximum atomic E-state index is 10.1. The molecule has 1 rings (SSSR count). The third-order valence-corrected chi connectivity index (χ3v) is 2.69. The van der Waals surface area contributed by atoms with E-state index in [-0.39, 0.29) is 12.7 Å². The molecule has 1 aliphatic heterocycles. The maximum Gasteiger partial charge on any atom is 0.125 e. The van der Waals surface area contributed by atoms with Gasteiger partial charge in [0.05, 0.1) is 6.61 Å². The van der Waals surface area contributed by atoms with E-state index < -0.39 is 5.60 Å². The Labute approximate surface area is 92.8 Å². The van der Waals surface area contributed by atoms with Crippen LogP contribution < -0.4 is 0 Å². The first-order valence-corrected chi connectivity index (χ1v) is 5.86. The van der Waals surface area contributed by atoms with E-state index in [1.54, 1.807) is 0 Å².